The van der Waals surface area contributed by atoms with Crippen LogP contribution >= 0.6 is 12.4 Å². The molecule has 106 valence electrons. The van der Waals surface area contributed by atoms with Crippen molar-refractivity contribution < 1.29 is 4.79 Å². The molecule has 0 bridgehead atoms. The molecule has 0 radical (unpaired) electrons. The van der Waals surface area contributed by atoms with Gasteiger partial charge in [0.05, 0.1) is 0 Å². The van der Waals surface area contributed by atoms with Crippen LogP contribution in [0.2, 0.25) is 0 Å². The van der Waals surface area contributed by atoms with Crippen molar-refractivity contribution in [2.24, 2.45) is 0 Å². The van der Waals surface area contributed by atoms with Crippen LogP contribution in [0.1, 0.15) is 17.3 Å². The van der Waals surface area contributed by atoms with Crippen LogP contribution in [-0.4, -0.2) is 36.5 Å². The number of benzene rings is 2. The van der Waals surface area contributed by atoms with Crippen LogP contribution in [0.15, 0.2) is 42.5 Å². The van der Waals surface area contributed by atoms with Crippen molar-refractivity contribution in [3.8, 4) is 0 Å². The number of nitrogens with one attached hydrogen (secondary N) is 1. The van der Waals surface area contributed by atoms with E-state index in [1.165, 1.54) is 5.39 Å². The second-order valence-electron chi connectivity index (χ2n) is 5.17. The molecule has 3 rings (SSSR count). The monoisotopic (exact) mass is 290 g/mol. The Bertz CT molecular complexity index is 614. The highest BCUT2D eigenvalue weighted by Crippen LogP contribution is 2.17. The minimum Gasteiger partial charge on any atom is -0.336 e. The lowest BCUT2D eigenvalue weighted by Gasteiger charge is -2.32. The fourth-order valence-electron chi connectivity index (χ4n) is 2.62. The van der Waals surface area contributed by atoms with E-state index in [0.717, 1.165) is 30.6 Å². The quantitative estimate of drug-likeness (QED) is 0.876. The number of hydrogen-bond acceptors (Lipinski definition) is 2. The summed E-state index contributed by atoms with van der Waals surface area (Å²) in [7, 11) is 0. The van der Waals surface area contributed by atoms with E-state index < -0.39 is 0 Å². The zero-order valence-electron chi connectivity index (χ0n) is 11.5. The van der Waals surface area contributed by atoms with Gasteiger partial charge in [0.1, 0.15) is 0 Å². The molecule has 0 aromatic heterocycles. The Hall–Kier alpha value is -1.58. The summed E-state index contributed by atoms with van der Waals surface area (Å²) in [5.41, 5.74) is 0.785. The predicted octanol–water partition coefficient (Wildman–Crippen LogP) is 2.70. The molecule has 0 aliphatic carbocycles. The second kappa shape index (κ2) is 6.25. The van der Waals surface area contributed by atoms with Gasteiger partial charge in [-0.25, -0.2) is 0 Å². The summed E-state index contributed by atoms with van der Waals surface area (Å²) in [6, 6.07) is 14.4. The number of fused-ring (bicyclic) bond motifs is 1. The standard InChI is InChI=1S/C16H18N2O.ClH/c1-12-11-18(9-8-17-12)16(19)15-7-6-13-4-2-3-5-14(13)10-15;/h2-7,10,12,17H,8-9,11H2,1H3;1H/t12-;/m1./s1. The third kappa shape index (κ3) is 2.94. The molecule has 1 fully saturated rings. The summed E-state index contributed by atoms with van der Waals surface area (Å²) < 4.78 is 0. The van der Waals surface area contributed by atoms with E-state index in [0.29, 0.717) is 6.04 Å². The van der Waals surface area contributed by atoms with Gasteiger partial charge in [0.25, 0.3) is 5.91 Å². The maximum atomic E-state index is 12.5. The maximum absolute atomic E-state index is 12.5. The van der Waals surface area contributed by atoms with E-state index in [1.54, 1.807) is 0 Å². The maximum Gasteiger partial charge on any atom is 0.253 e. The highest BCUT2D eigenvalue weighted by molar-refractivity contribution is 5.98. The van der Waals surface area contributed by atoms with Gasteiger partial charge >= 0.3 is 0 Å². The summed E-state index contributed by atoms with van der Waals surface area (Å²) in [5.74, 6) is 0.138. The predicted molar refractivity (Wildman–Crippen MR) is 84.6 cm³/mol. The fourth-order valence-corrected chi connectivity index (χ4v) is 2.62. The molecule has 1 aliphatic rings. The van der Waals surface area contributed by atoms with Crippen molar-refractivity contribution in [1.29, 1.82) is 0 Å². The Morgan fingerprint density at radius 3 is 2.70 bits per heavy atom. The van der Waals surface area contributed by atoms with E-state index in [-0.39, 0.29) is 18.3 Å². The first kappa shape index (κ1) is 14.8. The van der Waals surface area contributed by atoms with Gasteiger partial charge in [-0.3, -0.25) is 4.79 Å². The van der Waals surface area contributed by atoms with Crippen LogP contribution in [0.25, 0.3) is 10.8 Å². The van der Waals surface area contributed by atoms with Crippen LogP contribution in [0.4, 0.5) is 0 Å². The number of carbonyl (C=O) groups is 1. The fraction of sp³-hybridized carbons (Fsp3) is 0.312. The van der Waals surface area contributed by atoms with Crippen LogP contribution < -0.4 is 5.32 Å². The molecule has 1 atom stereocenters. The highest BCUT2D eigenvalue weighted by atomic mass is 35.5. The van der Waals surface area contributed by atoms with E-state index >= 15 is 0 Å². The molecule has 1 aliphatic heterocycles. The van der Waals surface area contributed by atoms with Gasteiger partial charge in [-0.05, 0) is 29.8 Å². The lowest BCUT2D eigenvalue weighted by Crippen LogP contribution is -2.51. The van der Waals surface area contributed by atoms with Crippen molar-refractivity contribution in [3.63, 3.8) is 0 Å². The minimum atomic E-state index is 0. The number of halogens is 1. The van der Waals surface area contributed by atoms with Gasteiger partial charge in [0.15, 0.2) is 0 Å². The molecule has 2 aromatic carbocycles. The molecule has 2 aromatic rings. The number of nitrogens with zero attached hydrogens (tertiary/aromatic N) is 1. The summed E-state index contributed by atoms with van der Waals surface area (Å²) in [4.78, 5) is 14.4. The Kier molecular flexibility index (Phi) is 4.63. The molecule has 1 amide bonds. The molecule has 1 N–H and O–H groups in total. The smallest absolute Gasteiger partial charge is 0.253 e. The van der Waals surface area contributed by atoms with E-state index in [2.05, 4.69) is 18.3 Å². The third-order valence-corrected chi connectivity index (χ3v) is 3.65. The minimum absolute atomic E-state index is 0. The topological polar surface area (TPSA) is 32.3 Å². The molecule has 0 unspecified atom stereocenters. The van der Waals surface area contributed by atoms with Crippen molar-refractivity contribution >= 4 is 29.1 Å². The normalized spacial score (nSPS) is 18.6. The number of carbonyl (C=O) groups excluding carboxylic acids is 1. The number of hydrogen-bond donors (Lipinski definition) is 1. The Labute approximate surface area is 125 Å². The van der Waals surface area contributed by atoms with E-state index in [4.69, 9.17) is 0 Å². The molecule has 0 saturated carbocycles. The SMILES string of the molecule is C[C@@H]1CN(C(=O)c2ccc3ccccc3c2)CCN1.Cl. The van der Waals surface area contributed by atoms with Gasteiger partial charge in [0.2, 0.25) is 0 Å². The molecule has 1 heterocycles. The van der Waals surface area contributed by atoms with Crippen molar-refractivity contribution in [2.45, 2.75) is 13.0 Å². The van der Waals surface area contributed by atoms with Crippen LogP contribution in [0.5, 0.6) is 0 Å². The van der Waals surface area contributed by atoms with Gasteiger partial charge in [-0.1, -0.05) is 30.3 Å². The molecule has 0 spiro atoms. The first-order valence-electron chi connectivity index (χ1n) is 6.75. The zero-order chi connectivity index (χ0) is 13.2. The molecular weight excluding hydrogens is 272 g/mol. The van der Waals surface area contributed by atoms with Crippen molar-refractivity contribution in [2.75, 3.05) is 19.6 Å². The Balaban J connectivity index is 0.00000147. The summed E-state index contributed by atoms with van der Waals surface area (Å²) in [6.07, 6.45) is 0. The third-order valence-electron chi connectivity index (χ3n) is 3.65. The molecule has 20 heavy (non-hydrogen) atoms. The molecule has 1 saturated heterocycles. The first-order chi connectivity index (χ1) is 9.24. The lowest BCUT2D eigenvalue weighted by molar-refractivity contribution is 0.0709. The van der Waals surface area contributed by atoms with Gasteiger partial charge < -0.3 is 10.2 Å². The molecule has 3 nitrogen and oxygen atoms in total. The van der Waals surface area contributed by atoms with Gasteiger partial charge in [-0.2, -0.15) is 0 Å². The number of piperazine rings is 1. The molecular formula is C16H19ClN2O. The summed E-state index contributed by atoms with van der Waals surface area (Å²) in [5, 5.41) is 5.65. The van der Waals surface area contributed by atoms with Crippen LogP contribution in [0, 0.1) is 0 Å². The Morgan fingerprint density at radius 2 is 1.95 bits per heavy atom. The summed E-state index contributed by atoms with van der Waals surface area (Å²) >= 11 is 0. The number of rotatable bonds is 1. The largest absolute Gasteiger partial charge is 0.336 e. The van der Waals surface area contributed by atoms with Crippen LogP contribution in [-0.2, 0) is 0 Å². The highest BCUT2D eigenvalue weighted by Gasteiger charge is 2.21. The van der Waals surface area contributed by atoms with Crippen molar-refractivity contribution in [1.82, 2.24) is 10.2 Å². The average molecular weight is 291 g/mol. The molecule has 4 heteroatoms. The van der Waals surface area contributed by atoms with Crippen molar-refractivity contribution in [3.05, 3.63) is 48.0 Å². The second-order valence-corrected chi connectivity index (χ2v) is 5.17. The van der Waals surface area contributed by atoms with E-state index in [9.17, 15) is 4.79 Å². The first-order valence-corrected chi connectivity index (χ1v) is 6.75. The Morgan fingerprint density at radius 1 is 1.20 bits per heavy atom. The van der Waals surface area contributed by atoms with Gasteiger partial charge in [0, 0.05) is 31.2 Å². The lowest BCUT2D eigenvalue weighted by atomic mass is 10.1. The number of amides is 1. The zero-order valence-corrected chi connectivity index (χ0v) is 12.3. The average Bonchev–Trinajstić information content (AvgIpc) is 2.46. The summed E-state index contributed by atoms with van der Waals surface area (Å²) in [6.45, 7) is 4.56. The van der Waals surface area contributed by atoms with E-state index in [1.807, 2.05) is 41.3 Å². The van der Waals surface area contributed by atoms with Gasteiger partial charge in [-0.15, -0.1) is 12.4 Å². The van der Waals surface area contributed by atoms with Crippen LogP contribution in [0.3, 0.4) is 0 Å².